The van der Waals surface area contributed by atoms with Crippen LogP contribution in [-0.4, -0.2) is 28.7 Å². The monoisotopic (exact) mass is 432 g/mol. The van der Waals surface area contributed by atoms with Crippen LogP contribution in [0.4, 0.5) is 0 Å². The average molecular weight is 433 g/mol. The summed E-state index contributed by atoms with van der Waals surface area (Å²) in [6, 6.07) is 0. The van der Waals surface area contributed by atoms with E-state index in [0.29, 0.717) is 12.2 Å². The molecule has 0 radical (unpaired) electrons. The van der Waals surface area contributed by atoms with Gasteiger partial charge in [-0.3, -0.25) is 4.79 Å². The molecule has 1 N–H and O–H groups in total. The van der Waals surface area contributed by atoms with Gasteiger partial charge in [0.1, 0.15) is 5.78 Å². The first-order chi connectivity index (χ1) is 14.8. The Hall–Kier alpha value is -1.19. The molecule has 0 aromatic heterocycles. The van der Waals surface area contributed by atoms with E-state index in [0.717, 1.165) is 38.5 Å². The van der Waals surface area contributed by atoms with Crippen LogP contribution in [0.2, 0.25) is 0 Å². The number of rotatable bonds is 15. The largest absolute Gasteiger partial charge is 0.389 e. The highest BCUT2D eigenvalue weighted by molar-refractivity contribution is 5.85. The maximum absolute atomic E-state index is 12.8. The molecule has 2 unspecified atom stereocenters. The molecule has 1 aliphatic rings. The lowest BCUT2D eigenvalue weighted by molar-refractivity contribution is -0.121. The normalized spacial score (nSPS) is 23.7. The standard InChI is InChI=1S/C28H48O3/c1-6-8-10-11-12-13-14-15-17-19-24-25(21-20-23(29)18-16-9-7-2)27(22-26(24)30)31-28(3,4)5/h6,8,15,17,20-21,23-25,27,29H,7,9-14,16,18-19,22H2,1-5H3/b8-6+,17-15-,21-20+/t23?,24-,25-,27?/m1/s1. The van der Waals surface area contributed by atoms with Crippen molar-refractivity contribution in [3.63, 3.8) is 0 Å². The van der Waals surface area contributed by atoms with Gasteiger partial charge in [0.25, 0.3) is 0 Å². The van der Waals surface area contributed by atoms with Gasteiger partial charge in [-0.05, 0) is 66.2 Å². The number of hydrogen-bond donors (Lipinski definition) is 1. The van der Waals surface area contributed by atoms with Gasteiger partial charge in [0.2, 0.25) is 0 Å². The minimum Gasteiger partial charge on any atom is -0.389 e. The van der Waals surface area contributed by atoms with Crippen LogP contribution in [0.25, 0.3) is 0 Å². The van der Waals surface area contributed by atoms with Gasteiger partial charge in [-0.25, -0.2) is 0 Å². The predicted molar refractivity (Wildman–Crippen MR) is 132 cm³/mol. The van der Waals surface area contributed by atoms with Crippen molar-refractivity contribution >= 4 is 5.78 Å². The predicted octanol–water partition coefficient (Wildman–Crippen LogP) is 7.35. The lowest BCUT2D eigenvalue weighted by atomic mass is 9.89. The number of hydrogen-bond acceptors (Lipinski definition) is 3. The number of allylic oxidation sites excluding steroid dienone is 4. The summed E-state index contributed by atoms with van der Waals surface area (Å²) in [5, 5.41) is 10.3. The molecule has 0 saturated heterocycles. The maximum Gasteiger partial charge on any atom is 0.139 e. The van der Waals surface area contributed by atoms with Crippen molar-refractivity contribution in [2.75, 3.05) is 0 Å². The molecule has 0 bridgehead atoms. The molecule has 3 nitrogen and oxygen atoms in total. The molecule has 0 aromatic rings. The molecule has 1 saturated carbocycles. The van der Waals surface area contributed by atoms with Gasteiger partial charge in [-0.2, -0.15) is 0 Å². The van der Waals surface area contributed by atoms with Gasteiger partial charge >= 0.3 is 0 Å². The zero-order chi connectivity index (χ0) is 23.1. The van der Waals surface area contributed by atoms with Crippen LogP contribution in [0, 0.1) is 11.8 Å². The summed E-state index contributed by atoms with van der Waals surface area (Å²) in [5.41, 5.74) is -0.283. The van der Waals surface area contributed by atoms with Crippen molar-refractivity contribution < 1.29 is 14.6 Å². The molecule has 178 valence electrons. The number of ketones is 1. The summed E-state index contributed by atoms with van der Waals surface area (Å²) in [4.78, 5) is 12.8. The third-order valence-electron chi connectivity index (χ3n) is 5.91. The summed E-state index contributed by atoms with van der Waals surface area (Å²) in [7, 11) is 0. The van der Waals surface area contributed by atoms with Gasteiger partial charge in [0.05, 0.1) is 17.8 Å². The van der Waals surface area contributed by atoms with Gasteiger partial charge in [-0.1, -0.05) is 69.1 Å². The second kappa shape index (κ2) is 15.6. The van der Waals surface area contributed by atoms with Crippen LogP contribution in [0.5, 0.6) is 0 Å². The van der Waals surface area contributed by atoms with Crippen LogP contribution in [0.3, 0.4) is 0 Å². The highest BCUT2D eigenvalue weighted by Crippen LogP contribution is 2.37. The number of carbonyl (C=O) groups excluding carboxylic acids is 1. The fourth-order valence-corrected chi connectivity index (χ4v) is 4.27. The first-order valence-corrected chi connectivity index (χ1v) is 12.6. The SMILES string of the molecule is C/C=C/CCCCC/C=C\C[C@H]1C(=O)CC(OC(C)(C)C)[C@@H]1/C=C/C(O)CCCCC. The fourth-order valence-electron chi connectivity index (χ4n) is 4.27. The van der Waals surface area contributed by atoms with Crippen LogP contribution in [0.1, 0.15) is 105 Å². The first-order valence-electron chi connectivity index (χ1n) is 12.6. The Labute approximate surface area is 192 Å². The Morgan fingerprint density at radius 3 is 2.42 bits per heavy atom. The smallest absolute Gasteiger partial charge is 0.139 e. The summed E-state index contributed by atoms with van der Waals surface area (Å²) >= 11 is 0. The Morgan fingerprint density at radius 1 is 1.06 bits per heavy atom. The first kappa shape index (κ1) is 27.8. The molecule has 31 heavy (non-hydrogen) atoms. The van der Waals surface area contributed by atoms with Crippen LogP contribution in [-0.2, 0) is 9.53 Å². The van der Waals surface area contributed by atoms with Crippen molar-refractivity contribution in [2.24, 2.45) is 11.8 Å². The maximum atomic E-state index is 12.8. The summed E-state index contributed by atoms with van der Waals surface area (Å²) in [6.45, 7) is 10.4. The van der Waals surface area contributed by atoms with E-state index in [1.54, 1.807) is 0 Å². The van der Waals surface area contributed by atoms with E-state index in [-0.39, 0.29) is 23.5 Å². The Balaban J connectivity index is 2.64. The second-order valence-electron chi connectivity index (χ2n) is 9.99. The summed E-state index contributed by atoms with van der Waals surface area (Å²) in [5.74, 6) is 0.288. The van der Waals surface area contributed by atoms with Crippen molar-refractivity contribution in [3.05, 3.63) is 36.5 Å². The number of Topliss-reactive ketones (excluding diaryl/α,β-unsaturated/α-hetero) is 1. The van der Waals surface area contributed by atoms with Crippen LogP contribution >= 0.6 is 0 Å². The second-order valence-corrected chi connectivity index (χ2v) is 9.99. The van der Waals surface area contributed by atoms with E-state index in [9.17, 15) is 9.90 Å². The quantitative estimate of drug-likeness (QED) is 0.217. The number of unbranched alkanes of at least 4 members (excludes halogenated alkanes) is 6. The molecule has 1 rings (SSSR count). The van der Waals surface area contributed by atoms with E-state index < -0.39 is 6.10 Å². The minimum absolute atomic E-state index is 0.0398. The van der Waals surface area contributed by atoms with E-state index in [2.05, 4.69) is 44.2 Å². The average Bonchev–Trinajstić information content (AvgIpc) is 2.97. The number of aliphatic hydroxyl groups excluding tert-OH is 1. The lowest BCUT2D eigenvalue weighted by Crippen LogP contribution is -2.30. The summed E-state index contributed by atoms with van der Waals surface area (Å²) in [6.07, 6.45) is 23.5. The molecule has 3 heteroatoms. The highest BCUT2D eigenvalue weighted by Gasteiger charge is 2.42. The van der Waals surface area contributed by atoms with Gasteiger partial charge < -0.3 is 9.84 Å². The summed E-state index contributed by atoms with van der Waals surface area (Å²) < 4.78 is 6.25. The molecule has 0 amide bonds. The Bertz CT molecular complexity index is 567. The molecule has 4 atom stereocenters. The zero-order valence-corrected chi connectivity index (χ0v) is 20.8. The van der Waals surface area contributed by atoms with Crippen molar-refractivity contribution in [3.8, 4) is 0 Å². The Kier molecular flexibility index (Phi) is 14.0. The third-order valence-corrected chi connectivity index (χ3v) is 5.91. The van der Waals surface area contributed by atoms with Crippen molar-refractivity contribution in [2.45, 2.75) is 123 Å². The van der Waals surface area contributed by atoms with E-state index >= 15 is 0 Å². The zero-order valence-electron chi connectivity index (χ0n) is 20.8. The highest BCUT2D eigenvalue weighted by atomic mass is 16.5. The van der Waals surface area contributed by atoms with Crippen molar-refractivity contribution in [1.29, 1.82) is 0 Å². The number of aliphatic hydroxyl groups is 1. The molecular weight excluding hydrogens is 384 g/mol. The molecule has 1 fully saturated rings. The fraction of sp³-hybridized carbons (Fsp3) is 0.750. The van der Waals surface area contributed by atoms with E-state index in [1.165, 1.54) is 25.7 Å². The van der Waals surface area contributed by atoms with Crippen LogP contribution < -0.4 is 0 Å². The molecule has 0 heterocycles. The van der Waals surface area contributed by atoms with Gasteiger partial charge in [0.15, 0.2) is 0 Å². The Morgan fingerprint density at radius 2 is 1.77 bits per heavy atom. The molecule has 0 aliphatic heterocycles. The van der Waals surface area contributed by atoms with E-state index in [1.807, 2.05) is 26.8 Å². The van der Waals surface area contributed by atoms with Gasteiger partial charge in [-0.15, -0.1) is 0 Å². The molecule has 1 aliphatic carbocycles. The van der Waals surface area contributed by atoms with Crippen molar-refractivity contribution in [1.82, 2.24) is 0 Å². The molecule has 0 aromatic carbocycles. The lowest BCUT2D eigenvalue weighted by Gasteiger charge is -2.28. The van der Waals surface area contributed by atoms with Crippen LogP contribution in [0.15, 0.2) is 36.5 Å². The number of ether oxygens (including phenoxy) is 1. The topological polar surface area (TPSA) is 46.5 Å². The number of carbonyl (C=O) groups is 1. The van der Waals surface area contributed by atoms with Gasteiger partial charge in [0, 0.05) is 18.3 Å². The minimum atomic E-state index is -0.434. The molecule has 0 spiro atoms. The molecular formula is C28H48O3. The third kappa shape index (κ3) is 12.4. The van der Waals surface area contributed by atoms with E-state index in [4.69, 9.17) is 4.74 Å².